The van der Waals surface area contributed by atoms with E-state index in [1.165, 1.54) is 6.42 Å². The number of aryl methyl sites for hydroxylation is 1. The van der Waals surface area contributed by atoms with Crippen molar-refractivity contribution in [3.8, 4) is 0 Å². The van der Waals surface area contributed by atoms with Crippen molar-refractivity contribution in [2.75, 3.05) is 11.4 Å². The number of anilines is 1. The van der Waals surface area contributed by atoms with E-state index >= 15 is 0 Å². The first-order valence-corrected chi connectivity index (χ1v) is 5.72. The number of hydrogen-bond acceptors (Lipinski definition) is 3. The molecule has 82 valence electrons. The van der Waals surface area contributed by atoms with Crippen LogP contribution in [0.3, 0.4) is 0 Å². The first kappa shape index (κ1) is 10.7. The molecule has 2 rings (SSSR count). The van der Waals surface area contributed by atoms with E-state index in [1.54, 1.807) is 0 Å². The molecule has 0 amide bonds. The van der Waals surface area contributed by atoms with Gasteiger partial charge in [-0.2, -0.15) is 0 Å². The summed E-state index contributed by atoms with van der Waals surface area (Å²) in [7, 11) is 0. The summed E-state index contributed by atoms with van der Waals surface area (Å²) in [5, 5.41) is 0.532. The number of aromatic nitrogens is 2. The SMILES string of the molecule is Cc1nc(Cl)cc(N2CC(C)CC2C)n1. The Morgan fingerprint density at radius 1 is 1.40 bits per heavy atom. The van der Waals surface area contributed by atoms with E-state index in [1.807, 2.05) is 13.0 Å². The molecule has 0 spiro atoms. The van der Waals surface area contributed by atoms with Gasteiger partial charge in [0.15, 0.2) is 0 Å². The lowest BCUT2D eigenvalue weighted by Crippen LogP contribution is -2.27. The van der Waals surface area contributed by atoms with Gasteiger partial charge in [-0.3, -0.25) is 0 Å². The molecule has 2 unspecified atom stereocenters. The van der Waals surface area contributed by atoms with Gasteiger partial charge < -0.3 is 4.90 Å². The summed E-state index contributed by atoms with van der Waals surface area (Å²) in [6.07, 6.45) is 1.22. The molecule has 15 heavy (non-hydrogen) atoms. The molecule has 2 heterocycles. The van der Waals surface area contributed by atoms with Crippen molar-refractivity contribution >= 4 is 17.4 Å². The average Bonchev–Trinajstić information content (AvgIpc) is 2.43. The van der Waals surface area contributed by atoms with Crippen LogP contribution in [-0.2, 0) is 0 Å². The zero-order valence-electron chi connectivity index (χ0n) is 9.37. The minimum atomic E-state index is 0.532. The lowest BCUT2D eigenvalue weighted by atomic mass is 10.1. The Balaban J connectivity index is 2.29. The van der Waals surface area contributed by atoms with Crippen molar-refractivity contribution in [1.82, 2.24) is 9.97 Å². The maximum atomic E-state index is 5.93. The summed E-state index contributed by atoms with van der Waals surface area (Å²) in [5.41, 5.74) is 0. The quantitative estimate of drug-likeness (QED) is 0.689. The summed E-state index contributed by atoms with van der Waals surface area (Å²) in [6, 6.07) is 2.40. The summed E-state index contributed by atoms with van der Waals surface area (Å²) < 4.78 is 0. The molecular weight excluding hydrogens is 210 g/mol. The number of rotatable bonds is 1. The summed E-state index contributed by atoms with van der Waals surface area (Å²) in [5.74, 6) is 2.43. The minimum absolute atomic E-state index is 0.532. The van der Waals surface area contributed by atoms with Gasteiger partial charge in [0.2, 0.25) is 0 Å². The molecule has 4 heteroatoms. The predicted molar refractivity (Wildman–Crippen MR) is 62.4 cm³/mol. The van der Waals surface area contributed by atoms with Crippen molar-refractivity contribution in [2.45, 2.75) is 33.2 Å². The van der Waals surface area contributed by atoms with E-state index in [0.29, 0.717) is 11.2 Å². The Morgan fingerprint density at radius 2 is 2.13 bits per heavy atom. The van der Waals surface area contributed by atoms with Crippen LogP contribution >= 0.6 is 11.6 Å². The van der Waals surface area contributed by atoms with E-state index in [9.17, 15) is 0 Å². The number of hydrogen-bond donors (Lipinski definition) is 0. The van der Waals surface area contributed by atoms with Gasteiger partial charge in [-0.1, -0.05) is 18.5 Å². The van der Waals surface area contributed by atoms with Gasteiger partial charge in [-0.25, -0.2) is 9.97 Å². The van der Waals surface area contributed by atoms with Gasteiger partial charge in [0.05, 0.1) is 0 Å². The molecular formula is C11H16ClN3. The standard InChI is InChI=1S/C11H16ClN3/c1-7-4-8(2)15(6-7)11-5-10(12)13-9(3)14-11/h5,7-8H,4,6H2,1-3H3. The Labute approximate surface area is 95.5 Å². The molecule has 3 nitrogen and oxygen atoms in total. The predicted octanol–water partition coefficient (Wildman–Crippen LogP) is 2.67. The first-order chi connectivity index (χ1) is 7.06. The number of halogens is 1. The topological polar surface area (TPSA) is 29.0 Å². The van der Waals surface area contributed by atoms with Gasteiger partial charge >= 0.3 is 0 Å². The summed E-state index contributed by atoms with van der Waals surface area (Å²) in [4.78, 5) is 10.8. The molecule has 0 aromatic carbocycles. The van der Waals surface area contributed by atoms with Crippen molar-refractivity contribution in [3.05, 3.63) is 17.0 Å². The zero-order chi connectivity index (χ0) is 11.0. The van der Waals surface area contributed by atoms with Crippen LogP contribution in [0, 0.1) is 12.8 Å². The fraction of sp³-hybridized carbons (Fsp3) is 0.636. The maximum Gasteiger partial charge on any atom is 0.134 e. The van der Waals surface area contributed by atoms with E-state index in [-0.39, 0.29) is 0 Å². The molecule has 1 aromatic rings. The highest BCUT2D eigenvalue weighted by Crippen LogP contribution is 2.28. The smallest absolute Gasteiger partial charge is 0.134 e. The largest absolute Gasteiger partial charge is 0.353 e. The minimum Gasteiger partial charge on any atom is -0.353 e. The zero-order valence-corrected chi connectivity index (χ0v) is 10.1. The van der Waals surface area contributed by atoms with Gasteiger partial charge in [-0.05, 0) is 26.2 Å². The van der Waals surface area contributed by atoms with Gasteiger partial charge in [0.25, 0.3) is 0 Å². The van der Waals surface area contributed by atoms with E-state index < -0.39 is 0 Å². The fourth-order valence-corrected chi connectivity index (χ4v) is 2.50. The third kappa shape index (κ3) is 2.23. The van der Waals surface area contributed by atoms with Crippen molar-refractivity contribution in [1.29, 1.82) is 0 Å². The van der Waals surface area contributed by atoms with Crippen LogP contribution in [0.1, 0.15) is 26.1 Å². The first-order valence-electron chi connectivity index (χ1n) is 5.34. The van der Waals surface area contributed by atoms with Crippen LogP contribution in [0.4, 0.5) is 5.82 Å². The monoisotopic (exact) mass is 225 g/mol. The molecule has 1 saturated heterocycles. The third-order valence-electron chi connectivity index (χ3n) is 2.87. The Morgan fingerprint density at radius 3 is 2.67 bits per heavy atom. The van der Waals surface area contributed by atoms with Crippen molar-refractivity contribution < 1.29 is 0 Å². The van der Waals surface area contributed by atoms with E-state index in [2.05, 4.69) is 28.7 Å². The van der Waals surface area contributed by atoms with Crippen molar-refractivity contribution in [2.24, 2.45) is 5.92 Å². The van der Waals surface area contributed by atoms with Crippen LogP contribution in [0.5, 0.6) is 0 Å². The van der Waals surface area contributed by atoms with Crippen LogP contribution in [0.15, 0.2) is 6.07 Å². The summed E-state index contributed by atoms with van der Waals surface area (Å²) in [6.45, 7) is 7.44. The lowest BCUT2D eigenvalue weighted by Gasteiger charge is -2.22. The molecule has 1 fully saturated rings. The fourth-order valence-electron chi connectivity index (χ4n) is 2.28. The molecule has 0 N–H and O–H groups in total. The lowest BCUT2D eigenvalue weighted by molar-refractivity contribution is 0.625. The second-order valence-electron chi connectivity index (χ2n) is 4.44. The Kier molecular flexibility index (Phi) is 2.83. The molecule has 1 aliphatic heterocycles. The maximum absolute atomic E-state index is 5.93. The Hall–Kier alpha value is -0.830. The molecule has 1 aromatic heterocycles. The third-order valence-corrected chi connectivity index (χ3v) is 3.06. The second-order valence-corrected chi connectivity index (χ2v) is 4.83. The highest BCUT2D eigenvalue weighted by molar-refractivity contribution is 6.29. The molecule has 0 radical (unpaired) electrons. The van der Waals surface area contributed by atoms with E-state index in [4.69, 9.17) is 11.6 Å². The highest BCUT2D eigenvalue weighted by Gasteiger charge is 2.27. The Bertz CT molecular complexity index is 347. The van der Waals surface area contributed by atoms with Crippen LogP contribution < -0.4 is 4.90 Å². The molecule has 0 saturated carbocycles. The summed E-state index contributed by atoms with van der Waals surface area (Å²) >= 11 is 5.93. The van der Waals surface area contributed by atoms with Crippen LogP contribution in [0.2, 0.25) is 5.15 Å². The van der Waals surface area contributed by atoms with Gasteiger partial charge in [0.1, 0.15) is 16.8 Å². The highest BCUT2D eigenvalue weighted by atomic mass is 35.5. The molecule has 0 bridgehead atoms. The van der Waals surface area contributed by atoms with Gasteiger partial charge in [0, 0.05) is 18.7 Å². The molecule has 0 aliphatic carbocycles. The van der Waals surface area contributed by atoms with Gasteiger partial charge in [-0.15, -0.1) is 0 Å². The molecule has 1 aliphatic rings. The van der Waals surface area contributed by atoms with Crippen molar-refractivity contribution in [3.63, 3.8) is 0 Å². The number of nitrogens with zero attached hydrogens (tertiary/aromatic N) is 3. The average molecular weight is 226 g/mol. The normalized spacial score (nSPS) is 26.0. The second kappa shape index (κ2) is 3.97. The van der Waals surface area contributed by atoms with Crippen LogP contribution in [-0.4, -0.2) is 22.6 Å². The van der Waals surface area contributed by atoms with Crippen LogP contribution in [0.25, 0.3) is 0 Å². The molecule has 2 atom stereocenters. The van der Waals surface area contributed by atoms with E-state index in [0.717, 1.165) is 24.1 Å².